The van der Waals surface area contributed by atoms with Crippen molar-refractivity contribution in [2.24, 2.45) is 0 Å². The Labute approximate surface area is 305 Å². The Morgan fingerprint density at radius 3 is 0.762 bits per heavy atom. The van der Waals surface area contributed by atoms with Gasteiger partial charge in [0.25, 0.3) is 0 Å². The van der Waals surface area contributed by atoms with E-state index < -0.39 is 11.9 Å². The molecule has 0 saturated heterocycles. The van der Waals surface area contributed by atoms with Crippen LogP contribution in [0.5, 0.6) is 0 Å². The van der Waals surface area contributed by atoms with Gasteiger partial charge in [0.2, 0.25) is 0 Å². The van der Waals surface area contributed by atoms with Gasteiger partial charge < -0.3 is 2.85 Å². The Bertz CT molecular complexity index is 509. The van der Waals surface area contributed by atoms with Crippen molar-refractivity contribution in [3.8, 4) is 0 Å². The van der Waals surface area contributed by atoms with Gasteiger partial charge in [0.15, 0.2) is 0 Å². The molecule has 5 nitrogen and oxygen atoms in total. The third kappa shape index (κ3) is 38.5. The van der Waals surface area contributed by atoms with Gasteiger partial charge in [-0.2, -0.15) is 0 Å². The van der Waals surface area contributed by atoms with E-state index in [2.05, 4.69) is 28.7 Å². The Balaban J connectivity index is -0.00000267. The average molecular weight is 722 g/mol. The van der Waals surface area contributed by atoms with Crippen LogP contribution in [0.3, 0.4) is 0 Å². The molecule has 0 heterocycles. The monoisotopic (exact) mass is 722 g/mol. The minimum atomic E-state index is -0.473. The van der Waals surface area contributed by atoms with Crippen LogP contribution in [0.2, 0.25) is 0 Å². The number of carbonyl (C=O) groups is 2. The molecule has 0 aliphatic rings. The Morgan fingerprint density at radius 1 is 0.357 bits per heavy atom. The maximum atomic E-state index is 11.7. The van der Waals surface area contributed by atoms with Crippen LogP contribution in [0, 0.1) is 0 Å². The first-order valence-corrected chi connectivity index (χ1v) is 18.3. The van der Waals surface area contributed by atoms with Gasteiger partial charge in [0, 0.05) is 17.9 Å². The zero-order valence-corrected chi connectivity index (χ0v) is 32.8. The fraction of sp³-hybridized carbons (Fsp3) is 0.944. The zero-order chi connectivity index (χ0) is 29.9. The molecule has 0 rings (SSSR count). The molecular formula is C36H72BaO5. The summed E-state index contributed by atoms with van der Waals surface area (Å²) in [5, 5.41) is 4.41. The molecule has 0 aliphatic heterocycles. The van der Waals surface area contributed by atoms with Crippen LogP contribution in [-0.4, -0.2) is 60.8 Å². The summed E-state index contributed by atoms with van der Waals surface area (Å²) < 4.78 is 0. The molecule has 0 bridgehead atoms. The van der Waals surface area contributed by atoms with Crippen LogP contribution in [0.1, 0.15) is 222 Å². The van der Waals surface area contributed by atoms with Gasteiger partial charge in [-0.3, -0.25) is 9.78 Å². The van der Waals surface area contributed by atoms with Crippen LogP contribution in [0.25, 0.3) is 0 Å². The van der Waals surface area contributed by atoms with Crippen LogP contribution < -0.4 is 0 Å². The van der Waals surface area contributed by atoms with Crippen LogP contribution in [-0.2, 0) is 24.4 Å². The average Bonchev–Trinajstić information content (AvgIpc) is 2.97. The van der Waals surface area contributed by atoms with E-state index in [4.69, 9.17) is 0 Å². The van der Waals surface area contributed by atoms with Crippen LogP contribution >= 0.6 is 0 Å². The summed E-state index contributed by atoms with van der Waals surface area (Å²) in [7, 11) is 0. The topological polar surface area (TPSA) is 61.8 Å². The van der Waals surface area contributed by atoms with E-state index in [1.165, 1.54) is 154 Å². The molecule has 0 amide bonds. The third-order valence-corrected chi connectivity index (χ3v) is 8.22. The summed E-state index contributed by atoms with van der Waals surface area (Å²) in [6.07, 6.45) is 39.2. The number of hydrogen-bond acceptors (Lipinski definition) is 5. The van der Waals surface area contributed by atoms with Gasteiger partial charge in [-0.1, -0.05) is 194 Å². The quantitative estimate of drug-likeness (QED) is 0.0286. The fourth-order valence-corrected chi connectivity index (χ4v) is 5.46. The van der Waals surface area contributed by atoms with E-state index in [0.29, 0.717) is 12.8 Å². The van der Waals surface area contributed by atoms with Crippen molar-refractivity contribution in [1.82, 2.24) is 0 Å². The van der Waals surface area contributed by atoms with Crippen molar-refractivity contribution in [2.45, 2.75) is 219 Å². The second-order valence-electron chi connectivity index (χ2n) is 12.4. The first-order valence-electron chi connectivity index (χ1n) is 18.3. The number of unbranched alkanes of at least 4 members (excludes halogenated alkanes) is 28. The number of hydrogen-bond donors (Lipinski definition) is 0. The van der Waals surface area contributed by atoms with Gasteiger partial charge in [-0.05, 0) is 12.8 Å². The third-order valence-electron chi connectivity index (χ3n) is 8.22. The van der Waals surface area contributed by atoms with E-state index in [9.17, 15) is 9.59 Å². The standard InChI is InChI=1S/C36H70O5.Ba.2H/c1-3-5-7-9-11-13-15-17-19-21-23-25-27-29-31-33-35(37)39-41-40-36(38)34-32-30-28-26-24-22-20-18-16-14-12-10-8-6-4-2;;;/h3-34H2,1-2H3;;;/q;+2;2*-1. The summed E-state index contributed by atoms with van der Waals surface area (Å²) in [5.74, 6) is -0.945. The maximum Gasteiger partial charge on any atom is 2.00 e. The molecule has 0 N–H and O–H groups in total. The minimum absolute atomic E-state index is 0. The molecule has 6 heteroatoms. The van der Waals surface area contributed by atoms with E-state index in [0.717, 1.165) is 38.5 Å². The molecular weight excluding hydrogens is 650 g/mol. The fourth-order valence-electron chi connectivity index (χ4n) is 5.46. The summed E-state index contributed by atoms with van der Waals surface area (Å²) >= 11 is 0. The molecule has 0 radical (unpaired) electrons. The molecule has 0 fully saturated rings. The Hall–Kier alpha value is 0.471. The van der Waals surface area contributed by atoms with Gasteiger partial charge in [0.05, 0.1) is 0 Å². The first kappa shape index (κ1) is 44.6. The van der Waals surface area contributed by atoms with E-state index in [-0.39, 0.29) is 51.7 Å². The number of carbonyl (C=O) groups excluding carboxylic acids is 2. The van der Waals surface area contributed by atoms with Crippen LogP contribution in [0.4, 0.5) is 0 Å². The van der Waals surface area contributed by atoms with Crippen molar-refractivity contribution >= 4 is 60.8 Å². The molecule has 0 atom stereocenters. The zero-order valence-electron chi connectivity index (χ0n) is 30.4. The minimum Gasteiger partial charge on any atom is -1.00 e. The molecule has 0 aromatic carbocycles. The Kier molecular flexibility index (Phi) is 41.9. The van der Waals surface area contributed by atoms with E-state index in [1.54, 1.807) is 0 Å². The predicted molar refractivity (Wildman–Crippen MR) is 180 cm³/mol. The molecule has 0 spiro atoms. The Morgan fingerprint density at radius 2 is 0.548 bits per heavy atom. The maximum absolute atomic E-state index is 11.7. The number of rotatable bonds is 34. The van der Waals surface area contributed by atoms with Gasteiger partial charge in [-0.15, -0.1) is 0 Å². The summed E-state index contributed by atoms with van der Waals surface area (Å²) in [6, 6.07) is 0. The summed E-state index contributed by atoms with van der Waals surface area (Å²) in [6.45, 7) is 4.54. The molecule has 0 aromatic rings. The molecule has 0 aliphatic carbocycles. The molecule has 0 unspecified atom stereocenters. The van der Waals surface area contributed by atoms with Gasteiger partial charge >= 0.3 is 60.8 Å². The van der Waals surface area contributed by atoms with Crippen molar-refractivity contribution in [3.63, 3.8) is 0 Å². The van der Waals surface area contributed by atoms with Gasteiger partial charge in [0.1, 0.15) is 0 Å². The van der Waals surface area contributed by atoms with Gasteiger partial charge in [-0.25, -0.2) is 9.59 Å². The van der Waals surface area contributed by atoms with Crippen molar-refractivity contribution < 1.29 is 27.3 Å². The van der Waals surface area contributed by atoms with Crippen molar-refractivity contribution in [3.05, 3.63) is 0 Å². The predicted octanol–water partition coefficient (Wildman–Crippen LogP) is 12.3. The normalized spacial score (nSPS) is 10.9. The molecule has 0 saturated carbocycles. The smallest absolute Gasteiger partial charge is 1.00 e. The molecule has 248 valence electrons. The SMILES string of the molecule is CCCCCCCCCCCCCCCCCC(=O)OOOC(=O)CCCCCCCCCCCCCCCCC.[Ba+2].[H-].[H-]. The largest absolute Gasteiger partial charge is 2.00 e. The second kappa shape index (κ2) is 39.5. The van der Waals surface area contributed by atoms with E-state index in [1.807, 2.05) is 0 Å². The van der Waals surface area contributed by atoms with Crippen LogP contribution in [0.15, 0.2) is 0 Å². The van der Waals surface area contributed by atoms with Crippen molar-refractivity contribution in [2.75, 3.05) is 0 Å². The first-order chi connectivity index (χ1) is 20.2. The molecule has 42 heavy (non-hydrogen) atoms. The van der Waals surface area contributed by atoms with Crippen molar-refractivity contribution in [1.29, 1.82) is 0 Å². The summed E-state index contributed by atoms with van der Waals surface area (Å²) in [4.78, 5) is 32.6. The molecule has 0 aromatic heterocycles. The van der Waals surface area contributed by atoms with E-state index >= 15 is 0 Å². The summed E-state index contributed by atoms with van der Waals surface area (Å²) in [5.41, 5.74) is 0. The second-order valence-corrected chi connectivity index (χ2v) is 12.4.